The van der Waals surface area contributed by atoms with E-state index in [1.165, 1.54) is 18.7 Å². The van der Waals surface area contributed by atoms with E-state index in [0.717, 1.165) is 39.7 Å². The van der Waals surface area contributed by atoms with Crippen molar-refractivity contribution in [2.75, 3.05) is 11.9 Å². The number of fused-ring (bicyclic) bond motifs is 1. The van der Waals surface area contributed by atoms with Gasteiger partial charge in [0.2, 0.25) is 0 Å². The first kappa shape index (κ1) is 26.4. The minimum atomic E-state index is -1.03. The number of nitrogens with zero attached hydrogens (tertiary/aromatic N) is 3. The number of carbonyl (C=O) groups is 2. The van der Waals surface area contributed by atoms with Crippen LogP contribution in [-0.4, -0.2) is 37.9 Å². The van der Waals surface area contributed by atoms with E-state index in [0.29, 0.717) is 22.5 Å². The molecule has 0 saturated carbocycles. The van der Waals surface area contributed by atoms with Gasteiger partial charge in [0.1, 0.15) is 5.56 Å². The number of aromatic nitrogens is 4. The fourth-order valence-corrected chi connectivity index (χ4v) is 4.21. The van der Waals surface area contributed by atoms with Gasteiger partial charge in [0.05, 0.1) is 36.2 Å². The Morgan fingerprint density at radius 1 is 1.12 bits per heavy atom. The van der Waals surface area contributed by atoms with Crippen molar-refractivity contribution >= 4 is 35.2 Å². The molecule has 0 unspecified atom stereocenters. The van der Waals surface area contributed by atoms with Crippen LogP contribution in [0.4, 0.5) is 14.5 Å². The molecule has 1 aliphatic rings. The Morgan fingerprint density at radius 2 is 1.98 bits per heavy atom. The van der Waals surface area contributed by atoms with Crippen LogP contribution < -0.4 is 21.9 Å². The molecule has 0 atom stereocenters. The topological polar surface area (TPSA) is 148 Å². The number of aromatic amines is 1. The van der Waals surface area contributed by atoms with Crippen LogP contribution in [0.15, 0.2) is 66.1 Å². The Bertz CT molecular complexity index is 1740. The molecule has 5 N–H and O–H groups in total. The summed E-state index contributed by atoms with van der Waals surface area (Å²) in [6, 6.07) is 8.75. The third-order valence-corrected chi connectivity index (χ3v) is 6.24. The number of halogens is 2. The average molecular weight is 544 g/mol. The summed E-state index contributed by atoms with van der Waals surface area (Å²) in [4.78, 5) is 49.0. The smallest absolute Gasteiger partial charge is 0.266 e. The maximum absolute atomic E-state index is 13.5. The Hall–Kier alpha value is -5.23. The van der Waals surface area contributed by atoms with Gasteiger partial charge in [-0.1, -0.05) is 30.4 Å². The number of benzene rings is 2. The lowest BCUT2D eigenvalue weighted by molar-refractivity contribution is -0.110. The van der Waals surface area contributed by atoms with Crippen molar-refractivity contribution in [3.05, 3.63) is 117 Å². The fourth-order valence-electron chi connectivity index (χ4n) is 4.21. The highest BCUT2D eigenvalue weighted by atomic mass is 19.2. The molecule has 0 fully saturated rings. The first-order valence-corrected chi connectivity index (χ1v) is 12.2. The van der Waals surface area contributed by atoms with Gasteiger partial charge in [-0.15, -0.1) is 0 Å². The normalized spacial score (nSPS) is 13.6. The first-order valence-electron chi connectivity index (χ1n) is 12.2. The largest absolute Gasteiger partial charge is 0.348 e. The van der Waals surface area contributed by atoms with E-state index in [4.69, 9.17) is 5.73 Å². The molecular weight excluding hydrogens is 520 g/mol. The van der Waals surface area contributed by atoms with Crippen LogP contribution in [0.1, 0.15) is 38.4 Å². The van der Waals surface area contributed by atoms with Gasteiger partial charge in [0, 0.05) is 30.5 Å². The van der Waals surface area contributed by atoms with E-state index in [1.54, 1.807) is 24.3 Å². The van der Waals surface area contributed by atoms with Gasteiger partial charge in [-0.3, -0.25) is 19.0 Å². The van der Waals surface area contributed by atoms with Crippen LogP contribution in [0.25, 0.3) is 17.7 Å². The van der Waals surface area contributed by atoms with E-state index in [9.17, 15) is 23.2 Å². The molecule has 12 heteroatoms. The average Bonchev–Trinajstić information content (AvgIpc) is 3.53. The van der Waals surface area contributed by atoms with E-state index in [1.807, 2.05) is 12.1 Å². The lowest BCUT2D eigenvalue weighted by Gasteiger charge is -2.08. The summed E-state index contributed by atoms with van der Waals surface area (Å²) in [5.74, 6) is -2.90. The highest BCUT2D eigenvalue weighted by Gasteiger charge is 2.24. The van der Waals surface area contributed by atoms with Crippen LogP contribution in [-0.2, 0) is 17.9 Å². The van der Waals surface area contributed by atoms with E-state index >= 15 is 0 Å². The van der Waals surface area contributed by atoms with Gasteiger partial charge in [-0.2, -0.15) is 0 Å². The number of imidazole rings is 1. The van der Waals surface area contributed by atoms with Crippen LogP contribution in [0.2, 0.25) is 0 Å². The summed E-state index contributed by atoms with van der Waals surface area (Å²) in [7, 11) is 0. The second-order valence-corrected chi connectivity index (χ2v) is 8.89. The Morgan fingerprint density at radius 3 is 2.77 bits per heavy atom. The molecule has 0 spiro atoms. The zero-order valence-corrected chi connectivity index (χ0v) is 20.9. The molecule has 2 aromatic heterocycles. The summed E-state index contributed by atoms with van der Waals surface area (Å²) in [5.41, 5.74) is 9.21. The number of nitrogens with one attached hydrogen (secondary N) is 3. The van der Waals surface area contributed by atoms with Gasteiger partial charge in [-0.05, 0) is 35.4 Å². The summed E-state index contributed by atoms with van der Waals surface area (Å²) < 4.78 is 27.8. The van der Waals surface area contributed by atoms with Gasteiger partial charge in [0.25, 0.3) is 17.4 Å². The molecule has 10 nitrogen and oxygen atoms in total. The molecule has 2 aromatic carbocycles. The van der Waals surface area contributed by atoms with Crippen LogP contribution in [0.5, 0.6) is 0 Å². The number of anilines is 1. The number of hydrogen-bond acceptors (Lipinski definition) is 6. The molecule has 0 saturated heterocycles. The lowest BCUT2D eigenvalue weighted by Crippen LogP contribution is -2.33. The third kappa shape index (κ3) is 5.47. The molecule has 2 amide bonds. The molecule has 4 aromatic rings. The van der Waals surface area contributed by atoms with Gasteiger partial charge >= 0.3 is 0 Å². The van der Waals surface area contributed by atoms with Gasteiger partial charge in [0.15, 0.2) is 11.6 Å². The number of hydrogen-bond donors (Lipinski definition) is 4. The van der Waals surface area contributed by atoms with E-state index < -0.39 is 23.1 Å². The van der Waals surface area contributed by atoms with Crippen molar-refractivity contribution in [1.82, 2.24) is 24.8 Å². The predicted molar refractivity (Wildman–Crippen MR) is 145 cm³/mol. The van der Waals surface area contributed by atoms with Crippen molar-refractivity contribution in [1.29, 1.82) is 0 Å². The maximum atomic E-state index is 13.5. The highest BCUT2D eigenvalue weighted by molar-refractivity contribution is 6.34. The second kappa shape index (κ2) is 11.3. The molecule has 1 aliphatic heterocycles. The van der Waals surface area contributed by atoms with Crippen molar-refractivity contribution in [2.24, 2.45) is 5.73 Å². The van der Waals surface area contributed by atoms with Gasteiger partial charge < -0.3 is 21.4 Å². The van der Waals surface area contributed by atoms with Gasteiger partial charge in [-0.25, -0.2) is 18.7 Å². The summed E-state index contributed by atoms with van der Waals surface area (Å²) in [5, 5.41) is 5.47. The SMILES string of the molecule is NCc1[nH]cnc1C=C1C(=O)Nc2cc(C=CCNC(=O)c3cncn(Cc4ccc(F)c(F)c4)c3=O)ccc21. The zero-order valence-electron chi connectivity index (χ0n) is 20.9. The number of rotatable bonds is 8. The summed E-state index contributed by atoms with van der Waals surface area (Å²) in [6.07, 6.45) is 9.04. The molecule has 0 bridgehead atoms. The van der Waals surface area contributed by atoms with E-state index in [2.05, 4.69) is 25.6 Å². The monoisotopic (exact) mass is 543 g/mol. The Labute approximate surface area is 226 Å². The lowest BCUT2D eigenvalue weighted by atomic mass is 10.0. The first-order chi connectivity index (χ1) is 19.3. The summed E-state index contributed by atoms with van der Waals surface area (Å²) in [6.45, 7) is 0.305. The van der Waals surface area contributed by atoms with E-state index in [-0.39, 0.29) is 31.1 Å². The van der Waals surface area contributed by atoms with Crippen LogP contribution in [0.3, 0.4) is 0 Å². The predicted octanol–water partition coefficient (Wildman–Crippen LogP) is 2.69. The Balaban J connectivity index is 1.23. The minimum absolute atomic E-state index is 0.0777. The number of H-pyrrole nitrogens is 1. The highest BCUT2D eigenvalue weighted by Crippen LogP contribution is 2.34. The van der Waals surface area contributed by atoms with Crippen LogP contribution in [0, 0.1) is 11.6 Å². The van der Waals surface area contributed by atoms with Crippen molar-refractivity contribution in [2.45, 2.75) is 13.1 Å². The van der Waals surface area contributed by atoms with Crippen molar-refractivity contribution < 1.29 is 18.4 Å². The third-order valence-electron chi connectivity index (χ3n) is 6.24. The second-order valence-electron chi connectivity index (χ2n) is 8.89. The van der Waals surface area contributed by atoms with Crippen molar-refractivity contribution in [3.8, 4) is 0 Å². The molecular formula is C28H23F2N7O3. The standard InChI is InChI=1S/C28H23F2N7O3/c29-21-6-4-17(8-22(21)30)13-37-15-32-12-20(28(37)40)26(38)33-7-1-2-16-3-5-18-19(27(39)36-23(18)9-16)10-24-25(11-31)35-14-34-24/h1-6,8-10,12,14-15H,7,11,13,31H2,(H,33,38)(H,34,35)(H,36,39). The molecule has 0 aliphatic carbocycles. The minimum Gasteiger partial charge on any atom is -0.348 e. The molecule has 5 rings (SSSR count). The molecule has 202 valence electrons. The zero-order chi connectivity index (χ0) is 28.2. The summed E-state index contributed by atoms with van der Waals surface area (Å²) >= 11 is 0. The number of carbonyl (C=O) groups excluding carboxylic acids is 2. The molecule has 3 heterocycles. The molecule has 40 heavy (non-hydrogen) atoms. The number of nitrogens with two attached hydrogens (primary N) is 1. The van der Waals surface area contributed by atoms with Crippen molar-refractivity contribution in [3.63, 3.8) is 0 Å². The Kier molecular flexibility index (Phi) is 7.42. The quantitative estimate of drug-likeness (QED) is 0.251. The van der Waals surface area contributed by atoms with Crippen LogP contribution >= 0.6 is 0 Å². The maximum Gasteiger partial charge on any atom is 0.266 e. The number of amides is 2. The fraction of sp³-hybridized carbons (Fsp3) is 0.107. The molecule has 0 radical (unpaired) electrons.